The Labute approximate surface area is 125 Å². The number of unbranched alkanes of at least 4 members (excludes halogenated alkanes) is 4. The lowest BCUT2D eigenvalue weighted by Gasteiger charge is -2.06. The van der Waals surface area contributed by atoms with Crippen LogP contribution in [0.25, 0.3) is 0 Å². The number of rotatable bonds is 9. The Morgan fingerprint density at radius 1 is 1.14 bits per heavy atom. The topological polar surface area (TPSA) is 98.5 Å². The molecule has 0 heterocycles. The van der Waals surface area contributed by atoms with Crippen LogP contribution in [0.3, 0.4) is 0 Å². The summed E-state index contributed by atoms with van der Waals surface area (Å²) in [4.78, 5) is 11.7. The summed E-state index contributed by atoms with van der Waals surface area (Å²) in [5.74, 6) is 0.0571. The van der Waals surface area contributed by atoms with Gasteiger partial charge in [-0.15, -0.1) is 0 Å². The number of hydrogen-bond donors (Lipinski definition) is 2. The van der Waals surface area contributed by atoms with Crippen molar-refractivity contribution in [1.29, 1.82) is 0 Å². The van der Waals surface area contributed by atoms with Crippen LogP contribution in [0.5, 0.6) is 5.75 Å². The summed E-state index contributed by atoms with van der Waals surface area (Å²) in [6, 6.07) is 5.99. The zero-order chi connectivity index (χ0) is 15.7. The first-order valence-electron chi connectivity index (χ1n) is 7.03. The molecular weight excluding hydrogens is 292 g/mol. The van der Waals surface area contributed by atoms with Crippen molar-refractivity contribution in [2.75, 3.05) is 5.32 Å². The first kappa shape index (κ1) is 17.5. The van der Waals surface area contributed by atoms with Crippen molar-refractivity contribution >= 4 is 21.9 Å². The first-order chi connectivity index (χ1) is 9.90. The predicted octanol–water partition coefficient (Wildman–Crippen LogP) is 2.57. The molecule has 1 amide bonds. The van der Waals surface area contributed by atoms with E-state index in [4.69, 9.17) is 5.14 Å². The highest BCUT2D eigenvalue weighted by molar-refractivity contribution is 7.84. The van der Waals surface area contributed by atoms with Crippen molar-refractivity contribution in [3.63, 3.8) is 0 Å². The van der Waals surface area contributed by atoms with Gasteiger partial charge in [0.25, 0.3) is 0 Å². The van der Waals surface area contributed by atoms with Crippen molar-refractivity contribution in [2.45, 2.75) is 45.4 Å². The second kappa shape index (κ2) is 8.63. The molecule has 0 aliphatic heterocycles. The van der Waals surface area contributed by atoms with E-state index >= 15 is 0 Å². The van der Waals surface area contributed by atoms with E-state index in [1.165, 1.54) is 25.0 Å². The summed E-state index contributed by atoms with van der Waals surface area (Å²) in [5, 5.41) is 7.50. The normalized spacial score (nSPS) is 11.1. The van der Waals surface area contributed by atoms with Crippen LogP contribution in [-0.2, 0) is 15.1 Å². The fraction of sp³-hybridized carbons (Fsp3) is 0.500. The number of anilines is 1. The highest BCUT2D eigenvalue weighted by atomic mass is 32.2. The van der Waals surface area contributed by atoms with Gasteiger partial charge in [-0.2, -0.15) is 13.6 Å². The molecule has 6 nitrogen and oxygen atoms in total. The highest BCUT2D eigenvalue weighted by Crippen LogP contribution is 2.17. The lowest BCUT2D eigenvalue weighted by atomic mass is 10.1. The standard InChI is InChI=1S/C14H22N2O4S/c1-2-3-4-5-6-7-14(17)16-12-8-10-13(11-9-12)20-21(15,18)19/h8-11H,2-7H2,1H3,(H,16,17)(H2,15,18,19). The number of benzene rings is 1. The minimum atomic E-state index is -4.02. The van der Waals surface area contributed by atoms with Gasteiger partial charge in [-0.25, -0.2) is 0 Å². The Kier molecular flexibility index (Phi) is 7.18. The van der Waals surface area contributed by atoms with Crippen molar-refractivity contribution in [3.05, 3.63) is 24.3 Å². The third kappa shape index (κ3) is 8.31. The summed E-state index contributed by atoms with van der Waals surface area (Å²) in [6.07, 6.45) is 5.95. The number of nitrogens with one attached hydrogen (secondary N) is 1. The van der Waals surface area contributed by atoms with Crippen LogP contribution in [0.2, 0.25) is 0 Å². The zero-order valence-corrected chi connectivity index (χ0v) is 13.0. The molecule has 7 heteroatoms. The monoisotopic (exact) mass is 314 g/mol. The molecule has 0 spiro atoms. The van der Waals surface area contributed by atoms with Crippen molar-refractivity contribution in [1.82, 2.24) is 0 Å². The predicted molar refractivity (Wildman–Crippen MR) is 82.2 cm³/mol. The largest absolute Gasteiger partial charge is 0.380 e. The maximum Gasteiger partial charge on any atom is 0.380 e. The van der Waals surface area contributed by atoms with Gasteiger partial charge in [0.15, 0.2) is 0 Å². The molecule has 0 radical (unpaired) electrons. The molecule has 0 bridgehead atoms. The van der Waals surface area contributed by atoms with Crippen LogP contribution in [0.1, 0.15) is 45.4 Å². The quantitative estimate of drug-likeness (QED) is 0.684. The molecule has 1 aromatic carbocycles. The molecule has 0 aromatic heterocycles. The Morgan fingerprint density at radius 2 is 1.76 bits per heavy atom. The van der Waals surface area contributed by atoms with Gasteiger partial charge in [0.2, 0.25) is 5.91 Å². The van der Waals surface area contributed by atoms with Crippen LogP contribution in [0.15, 0.2) is 24.3 Å². The number of hydrogen-bond acceptors (Lipinski definition) is 4. The van der Waals surface area contributed by atoms with Crippen molar-refractivity contribution < 1.29 is 17.4 Å². The molecule has 118 valence electrons. The second-order valence-corrected chi connectivity index (χ2v) is 5.97. The van der Waals surface area contributed by atoms with Gasteiger partial charge < -0.3 is 9.50 Å². The molecule has 1 rings (SSSR count). The third-order valence-electron chi connectivity index (χ3n) is 2.86. The first-order valence-corrected chi connectivity index (χ1v) is 8.50. The molecule has 0 aliphatic carbocycles. The molecule has 21 heavy (non-hydrogen) atoms. The molecule has 0 atom stereocenters. The lowest BCUT2D eigenvalue weighted by Crippen LogP contribution is -2.19. The summed E-state index contributed by atoms with van der Waals surface area (Å²) < 4.78 is 26.0. The van der Waals surface area contributed by atoms with Gasteiger partial charge in [-0.3, -0.25) is 4.79 Å². The number of carbonyl (C=O) groups is 1. The van der Waals surface area contributed by atoms with Crippen LogP contribution < -0.4 is 14.6 Å². The Bertz CT molecular complexity index is 541. The molecule has 0 aliphatic rings. The van der Waals surface area contributed by atoms with E-state index in [-0.39, 0.29) is 11.7 Å². The molecule has 0 saturated carbocycles. The maximum absolute atomic E-state index is 11.7. The van der Waals surface area contributed by atoms with Crippen molar-refractivity contribution in [3.8, 4) is 5.75 Å². The van der Waals surface area contributed by atoms with Gasteiger partial charge in [-0.1, -0.05) is 32.6 Å². The highest BCUT2D eigenvalue weighted by Gasteiger charge is 2.06. The Balaban J connectivity index is 2.36. The van der Waals surface area contributed by atoms with Crippen LogP contribution in [0.4, 0.5) is 5.69 Å². The van der Waals surface area contributed by atoms with E-state index in [1.54, 1.807) is 12.1 Å². The van der Waals surface area contributed by atoms with Gasteiger partial charge in [0.05, 0.1) is 0 Å². The van der Waals surface area contributed by atoms with Gasteiger partial charge in [0, 0.05) is 12.1 Å². The van der Waals surface area contributed by atoms with Crippen molar-refractivity contribution in [2.24, 2.45) is 5.14 Å². The van der Waals surface area contributed by atoms with E-state index in [0.29, 0.717) is 12.1 Å². The van der Waals surface area contributed by atoms with E-state index < -0.39 is 10.3 Å². The number of nitrogens with two attached hydrogens (primary N) is 1. The molecule has 0 saturated heterocycles. The van der Waals surface area contributed by atoms with Gasteiger partial charge >= 0.3 is 10.3 Å². The molecule has 1 aromatic rings. The number of carbonyl (C=O) groups excluding carboxylic acids is 1. The van der Waals surface area contributed by atoms with Gasteiger partial charge in [0.1, 0.15) is 5.75 Å². The van der Waals surface area contributed by atoms with Crippen LogP contribution >= 0.6 is 0 Å². The fourth-order valence-electron chi connectivity index (χ4n) is 1.84. The summed E-state index contributed by atoms with van der Waals surface area (Å²) >= 11 is 0. The summed E-state index contributed by atoms with van der Waals surface area (Å²) in [7, 11) is -4.02. The summed E-state index contributed by atoms with van der Waals surface area (Å²) in [5.41, 5.74) is 0.593. The zero-order valence-electron chi connectivity index (χ0n) is 12.2. The van der Waals surface area contributed by atoms with E-state index in [9.17, 15) is 13.2 Å². The van der Waals surface area contributed by atoms with Gasteiger partial charge in [-0.05, 0) is 30.7 Å². The molecule has 0 unspecified atom stereocenters. The molecule has 3 N–H and O–H groups in total. The fourth-order valence-corrected chi connectivity index (χ4v) is 2.22. The SMILES string of the molecule is CCCCCCCC(=O)Nc1ccc(OS(N)(=O)=O)cc1. The minimum absolute atomic E-state index is 0.0494. The van der Waals surface area contributed by atoms with E-state index in [2.05, 4.69) is 16.4 Å². The lowest BCUT2D eigenvalue weighted by molar-refractivity contribution is -0.116. The van der Waals surface area contributed by atoms with E-state index in [1.807, 2.05) is 0 Å². The third-order valence-corrected chi connectivity index (χ3v) is 3.28. The average Bonchev–Trinajstić information content (AvgIpc) is 2.39. The molecular formula is C14H22N2O4S. The minimum Gasteiger partial charge on any atom is -0.371 e. The smallest absolute Gasteiger partial charge is 0.371 e. The Morgan fingerprint density at radius 3 is 2.33 bits per heavy atom. The van der Waals surface area contributed by atoms with E-state index in [0.717, 1.165) is 19.3 Å². The Hall–Kier alpha value is -1.60. The van der Waals surface area contributed by atoms with Crippen LogP contribution in [0, 0.1) is 0 Å². The summed E-state index contributed by atoms with van der Waals surface area (Å²) in [6.45, 7) is 2.15. The second-order valence-electron chi connectivity index (χ2n) is 4.81. The van der Waals surface area contributed by atoms with Crippen LogP contribution in [-0.4, -0.2) is 14.3 Å². The average molecular weight is 314 g/mol. The number of amides is 1. The molecule has 0 fully saturated rings. The maximum atomic E-state index is 11.7.